The summed E-state index contributed by atoms with van der Waals surface area (Å²) in [7, 11) is -1.91. The van der Waals surface area contributed by atoms with E-state index < -0.39 is 27.6 Å². The molecule has 21 heavy (non-hydrogen) atoms. The highest BCUT2D eigenvalue weighted by Gasteiger charge is 2.29. The van der Waals surface area contributed by atoms with Crippen molar-refractivity contribution in [2.45, 2.75) is 23.5 Å². The minimum absolute atomic E-state index is 0.0478. The van der Waals surface area contributed by atoms with Crippen molar-refractivity contribution < 1.29 is 22.3 Å². The number of nitrogens with one attached hydrogen (secondary N) is 2. The third kappa shape index (κ3) is 3.78. The average molecular weight is 316 g/mol. The molecule has 1 aromatic rings. The Bertz CT molecular complexity index is 648. The van der Waals surface area contributed by atoms with Gasteiger partial charge in [0, 0.05) is 19.9 Å². The number of amides is 1. The number of halogens is 1. The van der Waals surface area contributed by atoms with Crippen LogP contribution in [-0.4, -0.2) is 46.4 Å². The molecule has 2 atom stereocenters. The maximum atomic E-state index is 13.7. The van der Waals surface area contributed by atoms with Crippen molar-refractivity contribution in [1.29, 1.82) is 0 Å². The summed E-state index contributed by atoms with van der Waals surface area (Å²) in [5.74, 6) is -1.10. The van der Waals surface area contributed by atoms with Gasteiger partial charge >= 0.3 is 0 Å². The minimum atomic E-state index is -3.46. The van der Waals surface area contributed by atoms with Crippen LogP contribution in [0.4, 0.5) is 10.1 Å². The van der Waals surface area contributed by atoms with Gasteiger partial charge in [0.25, 0.3) is 0 Å². The molecule has 1 fully saturated rings. The third-order valence-electron chi connectivity index (χ3n) is 3.36. The summed E-state index contributed by atoms with van der Waals surface area (Å²) in [6.07, 6.45) is 1.44. The highest BCUT2D eigenvalue weighted by Crippen LogP contribution is 2.20. The lowest BCUT2D eigenvalue weighted by Crippen LogP contribution is -2.35. The van der Waals surface area contributed by atoms with E-state index in [0.29, 0.717) is 13.0 Å². The number of methoxy groups -OCH3 is 1. The van der Waals surface area contributed by atoms with Crippen LogP contribution in [-0.2, 0) is 19.4 Å². The fourth-order valence-corrected chi connectivity index (χ4v) is 2.78. The topological polar surface area (TPSA) is 84.5 Å². The molecule has 8 heteroatoms. The largest absolute Gasteiger partial charge is 0.380 e. The van der Waals surface area contributed by atoms with E-state index in [4.69, 9.17) is 4.74 Å². The second-order valence-corrected chi connectivity index (χ2v) is 6.97. The normalized spacial score (nSPS) is 22.2. The number of ether oxygens (including phenoxy) is 1. The average Bonchev–Trinajstić information content (AvgIpc) is 2.88. The van der Waals surface area contributed by atoms with E-state index in [1.165, 1.54) is 0 Å². The highest BCUT2D eigenvalue weighted by molar-refractivity contribution is 7.90. The van der Waals surface area contributed by atoms with Gasteiger partial charge in [-0.1, -0.05) is 0 Å². The smallest absolute Gasteiger partial charge is 0.241 e. The molecule has 116 valence electrons. The van der Waals surface area contributed by atoms with E-state index in [1.807, 2.05) is 0 Å². The maximum Gasteiger partial charge on any atom is 0.241 e. The molecule has 0 bridgehead atoms. The molecule has 1 aromatic carbocycles. The fraction of sp³-hybridized carbons (Fsp3) is 0.462. The van der Waals surface area contributed by atoms with Gasteiger partial charge in [-0.05, 0) is 24.6 Å². The van der Waals surface area contributed by atoms with Crippen molar-refractivity contribution in [3.63, 3.8) is 0 Å². The van der Waals surface area contributed by atoms with Crippen LogP contribution in [0.15, 0.2) is 23.1 Å². The van der Waals surface area contributed by atoms with Crippen LogP contribution in [0.1, 0.15) is 6.42 Å². The van der Waals surface area contributed by atoms with Crippen LogP contribution < -0.4 is 10.6 Å². The Balaban J connectivity index is 2.14. The van der Waals surface area contributed by atoms with Gasteiger partial charge in [0.2, 0.25) is 5.91 Å². The van der Waals surface area contributed by atoms with Gasteiger partial charge < -0.3 is 15.4 Å². The summed E-state index contributed by atoms with van der Waals surface area (Å²) in [4.78, 5) is 12.0. The van der Waals surface area contributed by atoms with E-state index in [2.05, 4.69) is 10.6 Å². The van der Waals surface area contributed by atoms with Crippen molar-refractivity contribution in [2.75, 3.05) is 25.2 Å². The van der Waals surface area contributed by atoms with Gasteiger partial charge in [0.1, 0.15) is 5.82 Å². The maximum absolute atomic E-state index is 13.7. The van der Waals surface area contributed by atoms with Gasteiger partial charge in [0.05, 0.1) is 22.7 Å². The van der Waals surface area contributed by atoms with E-state index in [9.17, 15) is 17.6 Å². The first kappa shape index (κ1) is 15.9. The molecular weight excluding hydrogens is 299 g/mol. The lowest BCUT2D eigenvalue weighted by Gasteiger charge is -2.12. The zero-order valence-corrected chi connectivity index (χ0v) is 12.5. The standard InChI is InChI=1S/C13H17FN2O4S/c1-20-8-5-12(15-7-8)13(17)16-11-6-9(21(2,18)19)3-4-10(11)14/h3-4,6,8,12,15H,5,7H2,1-2H3,(H,16,17). The number of rotatable bonds is 4. The number of carbonyl (C=O) groups excluding carboxylic acids is 1. The number of benzene rings is 1. The van der Waals surface area contributed by atoms with Crippen molar-refractivity contribution in [1.82, 2.24) is 5.32 Å². The molecule has 6 nitrogen and oxygen atoms in total. The summed E-state index contributed by atoms with van der Waals surface area (Å²) in [5.41, 5.74) is -0.148. The Morgan fingerprint density at radius 3 is 2.76 bits per heavy atom. The van der Waals surface area contributed by atoms with Crippen LogP contribution in [0.5, 0.6) is 0 Å². The van der Waals surface area contributed by atoms with Gasteiger partial charge in [-0.2, -0.15) is 0 Å². The van der Waals surface area contributed by atoms with Gasteiger partial charge in [0.15, 0.2) is 9.84 Å². The molecule has 2 rings (SSSR count). The van der Waals surface area contributed by atoms with Crippen LogP contribution in [0.2, 0.25) is 0 Å². The van der Waals surface area contributed by atoms with Crippen LogP contribution >= 0.6 is 0 Å². The number of hydrogen-bond acceptors (Lipinski definition) is 5. The predicted molar refractivity (Wildman–Crippen MR) is 75.3 cm³/mol. The van der Waals surface area contributed by atoms with E-state index in [-0.39, 0.29) is 16.7 Å². The lowest BCUT2D eigenvalue weighted by molar-refractivity contribution is -0.118. The fourth-order valence-electron chi connectivity index (χ4n) is 2.13. The van der Waals surface area contributed by atoms with Crippen LogP contribution in [0, 0.1) is 5.82 Å². The molecule has 0 radical (unpaired) electrons. The Morgan fingerprint density at radius 2 is 2.19 bits per heavy atom. The molecule has 1 aliphatic heterocycles. The van der Waals surface area contributed by atoms with E-state index in [0.717, 1.165) is 24.5 Å². The minimum Gasteiger partial charge on any atom is -0.380 e. The molecule has 0 aromatic heterocycles. The zero-order valence-electron chi connectivity index (χ0n) is 11.7. The molecule has 1 heterocycles. The van der Waals surface area contributed by atoms with E-state index >= 15 is 0 Å². The number of anilines is 1. The first-order chi connectivity index (χ1) is 9.81. The third-order valence-corrected chi connectivity index (χ3v) is 4.47. The summed E-state index contributed by atoms with van der Waals surface area (Å²) in [6, 6.07) is 2.81. The Labute approximate surface area is 122 Å². The summed E-state index contributed by atoms with van der Waals surface area (Å²) < 4.78 is 41.7. The Hall–Kier alpha value is -1.51. The number of sulfone groups is 1. The SMILES string of the molecule is COC1CNC(C(=O)Nc2cc(S(C)(=O)=O)ccc2F)C1. The molecule has 2 unspecified atom stereocenters. The first-order valence-corrected chi connectivity index (χ1v) is 8.27. The highest BCUT2D eigenvalue weighted by atomic mass is 32.2. The van der Waals surface area contributed by atoms with Crippen molar-refractivity contribution in [3.8, 4) is 0 Å². The number of hydrogen-bond donors (Lipinski definition) is 2. The monoisotopic (exact) mass is 316 g/mol. The summed E-state index contributed by atoms with van der Waals surface area (Å²) in [5, 5.41) is 5.38. The molecular formula is C13H17FN2O4S. The zero-order chi connectivity index (χ0) is 15.6. The molecule has 1 aliphatic rings. The summed E-state index contributed by atoms with van der Waals surface area (Å²) >= 11 is 0. The molecule has 1 amide bonds. The second-order valence-electron chi connectivity index (χ2n) is 4.96. The van der Waals surface area contributed by atoms with Crippen molar-refractivity contribution in [2.24, 2.45) is 0 Å². The van der Waals surface area contributed by atoms with E-state index in [1.54, 1.807) is 7.11 Å². The first-order valence-electron chi connectivity index (χ1n) is 6.38. The Morgan fingerprint density at radius 1 is 1.48 bits per heavy atom. The van der Waals surface area contributed by atoms with Gasteiger partial charge in [-0.15, -0.1) is 0 Å². The van der Waals surface area contributed by atoms with Crippen LogP contribution in [0.25, 0.3) is 0 Å². The molecule has 0 saturated carbocycles. The Kier molecular flexibility index (Phi) is 4.60. The molecule has 2 N–H and O–H groups in total. The van der Waals surface area contributed by atoms with Crippen LogP contribution in [0.3, 0.4) is 0 Å². The lowest BCUT2D eigenvalue weighted by atomic mass is 10.2. The van der Waals surface area contributed by atoms with Crippen molar-refractivity contribution in [3.05, 3.63) is 24.0 Å². The summed E-state index contributed by atoms with van der Waals surface area (Å²) in [6.45, 7) is 0.542. The molecule has 0 aliphatic carbocycles. The predicted octanol–water partition coefficient (Wildman–Crippen LogP) is 0.545. The quantitative estimate of drug-likeness (QED) is 0.792. The van der Waals surface area contributed by atoms with Gasteiger partial charge in [-0.25, -0.2) is 12.8 Å². The van der Waals surface area contributed by atoms with Crippen molar-refractivity contribution >= 4 is 21.4 Å². The molecule has 1 saturated heterocycles. The second kappa shape index (κ2) is 6.08. The molecule has 0 spiro atoms. The van der Waals surface area contributed by atoms with Gasteiger partial charge in [-0.3, -0.25) is 4.79 Å². The number of carbonyl (C=O) groups is 1.